The van der Waals surface area contributed by atoms with Crippen LogP contribution in [0.25, 0.3) is 0 Å². The molecule has 0 unspecified atom stereocenters. The fraction of sp³-hybridized carbons (Fsp3) is 1.00. The Kier molecular flexibility index (Phi) is 3.70. The molecule has 0 spiro atoms. The van der Waals surface area contributed by atoms with Gasteiger partial charge in [0.05, 0.1) is 0 Å². The molecule has 0 saturated heterocycles. The summed E-state index contributed by atoms with van der Waals surface area (Å²) in [7, 11) is 0. The van der Waals surface area contributed by atoms with Crippen LogP contribution < -0.4 is 0 Å². The third-order valence-electron chi connectivity index (χ3n) is 2.98. The second-order valence-corrected chi connectivity index (χ2v) is 27.3. The minimum absolute atomic E-state index is 1.01. The van der Waals surface area contributed by atoms with E-state index in [1.165, 1.54) is 0 Å². The fourth-order valence-corrected chi connectivity index (χ4v) is 5.85. The Hall–Kier alpha value is 0.922. The van der Waals surface area contributed by atoms with Gasteiger partial charge in [0.1, 0.15) is 0 Å². The molecule has 0 atom stereocenters. The van der Waals surface area contributed by atoms with Crippen molar-refractivity contribution in [1.29, 1.82) is 0 Å². The van der Waals surface area contributed by atoms with Crippen LogP contribution in [-0.2, 0) is 0 Å². The molecular weight excluding hydrogens is 303 g/mol. The molecule has 0 aliphatic carbocycles. The molecule has 0 amide bonds. The predicted molar refractivity (Wildman–Crippen MR) is 47.7 cm³/mol. The molecule has 0 fully saturated rings. The summed E-state index contributed by atoms with van der Waals surface area (Å²) in [5, 5.41) is 0. The van der Waals surface area contributed by atoms with Gasteiger partial charge in [-0.25, -0.2) is 0 Å². The molecule has 0 rings (SSSR count). The molecule has 0 N–H and O–H groups in total. The molecule has 9 heavy (non-hydrogen) atoms. The predicted octanol–water partition coefficient (Wildman–Crippen LogP) is 3.51. The van der Waals surface area contributed by atoms with Gasteiger partial charge in [0.25, 0.3) is 0 Å². The maximum absolute atomic E-state index is 2.56. The van der Waals surface area contributed by atoms with Gasteiger partial charge >= 0.3 is 64.8 Å². The van der Waals surface area contributed by atoms with Gasteiger partial charge in [-0.3, -0.25) is 0 Å². The van der Waals surface area contributed by atoms with Crippen LogP contribution in [0.3, 0.4) is 0 Å². The first-order valence-corrected chi connectivity index (χ1v) is 16.2. The monoisotopic (exact) mass is 324 g/mol. The molecule has 56 valence electrons. The van der Waals surface area contributed by atoms with E-state index in [1.807, 2.05) is 0 Å². The van der Waals surface area contributed by atoms with E-state index in [0.29, 0.717) is 0 Å². The number of hydrogen-bond donors (Lipinski definition) is 0. The SMILES string of the molecule is C[CH](C)[Pb]([CH3])([CH3])[CH](C)C. The summed E-state index contributed by atoms with van der Waals surface area (Å²) >= 11 is -1.67. The Bertz CT molecular complexity index is 72.6. The zero-order chi connectivity index (χ0) is 7.65. The fourth-order valence-electron chi connectivity index (χ4n) is 0.667. The summed E-state index contributed by atoms with van der Waals surface area (Å²) in [5.41, 5.74) is 0. The summed E-state index contributed by atoms with van der Waals surface area (Å²) in [6, 6.07) is 0. The van der Waals surface area contributed by atoms with Crippen molar-refractivity contribution in [3.8, 4) is 0 Å². The van der Waals surface area contributed by atoms with Crippen LogP contribution in [0.2, 0.25) is 15.9 Å². The molecule has 0 saturated carbocycles. The Morgan fingerprint density at radius 3 is 1.00 bits per heavy atom. The Balaban J connectivity index is 4.01. The Labute approximate surface area is 64.7 Å². The van der Waals surface area contributed by atoms with Crippen LogP contribution in [0.5, 0.6) is 0 Å². The molecule has 1 heteroatoms. The van der Waals surface area contributed by atoms with Gasteiger partial charge in [-0.05, 0) is 0 Å². The standard InChI is InChI=1S/2C3H7.2CH3.Pb/c2*1-3-2;;;/h2*3H,1-2H3;2*1H3;. The van der Waals surface area contributed by atoms with Crippen molar-refractivity contribution < 1.29 is 0 Å². The van der Waals surface area contributed by atoms with Gasteiger partial charge in [-0.1, -0.05) is 0 Å². The first-order valence-electron chi connectivity index (χ1n) is 3.89. The molecule has 0 aromatic carbocycles. The van der Waals surface area contributed by atoms with Crippen LogP contribution in [-0.4, -0.2) is 21.2 Å². The number of rotatable bonds is 2. The third kappa shape index (κ3) is 2.56. The number of hydrogen-bond acceptors (Lipinski definition) is 0. The average Bonchev–Trinajstić information content (AvgIpc) is 1.65. The van der Waals surface area contributed by atoms with Crippen molar-refractivity contribution in [1.82, 2.24) is 0 Å². The van der Waals surface area contributed by atoms with Gasteiger partial charge in [0.15, 0.2) is 0 Å². The van der Waals surface area contributed by atoms with Crippen molar-refractivity contribution in [2.75, 3.05) is 0 Å². The first kappa shape index (κ1) is 9.92. The van der Waals surface area contributed by atoms with Crippen LogP contribution in [0.4, 0.5) is 0 Å². The first-order chi connectivity index (χ1) is 3.89. The van der Waals surface area contributed by atoms with Crippen molar-refractivity contribution in [3.05, 3.63) is 0 Å². The van der Waals surface area contributed by atoms with E-state index >= 15 is 0 Å². The maximum atomic E-state index is 2.56. The van der Waals surface area contributed by atoms with Crippen molar-refractivity contribution in [2.45, 2.75) is 43.6 Å². The van der Waals surface area contributed by atoms with E-state index in [2.05, 4.69) is 36.7 Å². The summed E-state index contributed by atoms with van der Waals surface area (Å²) in [5.74, 6) is 0. The van der Waals surface area contributed by atoms with Crippen LogP contribution in [0.1, 0.15) is 27.7 Å². The van der Waals surface area contributed by atoms with E-state index in [9.17, 15) is 0 Å². The van der Waals surface area contributed by atoms with Crippen molar-refractivity contribution in [3.63, 3.8) is 0 Å². The van der Waals surface area contributed by atoms with Gasteiger partial charge in [-0.2, -0.15) is 0 Å². The quantitative estimate of drug-likeness (QED) is 0.682. The normalized spacial score (nSPS) is 13.3. The summed E-state index contributed by atoms with van der Waals surface area (Å²) < 4.78 is 7.14. The molecule has 0 aliphatic heterocycles. The van der Waals surface area contributed by atoms with Gasteiger partial charge in [0.2, 0.25) is 0 Å². The summed E-state index contributed by atoms with van der Waals surface area (Å²) in [4.78, 5) is 0. The van der Waals surface area contributed by atoms with E-state index in [0.717, 1.165) is 6.95 Å². The molecule has 0 bridgehead atoms. The van der Waals surface area contributed by atoms with Crippen molar-refractivity contribution >= 4 is 21.2 Å². The zero-order valence-corrected chi connectivity index (χ0v) is 11.5. The molecule has 0 nitrogen and oxygen atoms in total. The van der Waals surface area contributed by atoms with E-state index in [4.69, 9.17) is 0 Å². The Morgan fingerprint density at radius 1 is 0.778 bits per heavy atom. The van der Waals surface area contributed by atoms with Crippen LogP contribution in [0, 0.1) is 0 Å². The second kappa shape index (κ2) is 3.35. The van der Waals surface area contributed by atoms with Crippen molar-refractivity contribution in [2.24, 2.45) is 0 Å². The van der Waals surface area contributed by atoms with Gasteiger partial charge < -0.3 is 0 Å². The molecule has 0 radical (unpaired) electrons. The topological polar surface area (TPSA) is 0 Å². The minimum atomic E-state index is -1.67. The molecule has 0 aliphatic rings. The van der Waals surface area contributed by atoms with Crippen LogP contribution in [0.15, 0.2) is 0 Å². The average molecular weight is 323 g/mol. The summed E-state index contributed by atoms with van der Waals surface area (Å²) in [6.45, 7) is 9.56. The molecule has 0 aromatic rings. The molecule has 0 aromatic heterocycles. The van der Waals surface area contributed by atoms with E-state index in [-0.39, 0.29) is 0 Å². The summed E-state index contributed by atoms with van der Waals surface area (Å²) in [6.07, 6.45) is 0. The van der Waals surface area contributed by atoms with E-state index in [1.54, 1.807) is 0 Å². The van der Waals surface area contributed by atoms with Gasteiger partial charge in [0, 0.05) is 0 Å². The zero-order valence-electron chi connectivity index (χ0n) is 7.65. The van der Waals surface area contributed by atoms with Gasteiger partial charge in [-0.15, -0.1) is 0 Å². The third-order valence-corrected chi connectivity index (χ3v) is 26.1. The molecular formula is C8H20Pb. The Morgan fingerprint density at radius 2 is 1.00 bits per heavy atom. The van der Waals surface area contributed by atoms with Crippen LogP contribution >= 0.6 is 0 Å². The molecule has 0 heterocycles. The van der Waals surface area contributed by atoms with E-state index < -0.39 is 21.2 Å². The second-order valence-electron chi connectivity index (χ2n) is 4.13.